The number of nitrogens with one attached hydrogen (secondary N) is 2. The summed E-state index contributed by atoms with van der Waals surface area (Å²) in [7, 11) is 1.66. The van der Waals surface area contributed by atoms with Crippen molar-refractivity contribution in [3.05, 3.63) is 57.2 Å². The largest absolute Gasteiger partial charge is 0.506 e. The maximum Gasteiger partial charge on any atom is 0.305 e. The summed E-state index contributed by atoms with van der Waals surface area (Å²) in [5.74, 6) is 1.02. The molecule has 1 heterocycles. The number of amides is 1. The molecule has 3 aromatic rings. The zero-order valence-corrected chi connectivity index (χ0v) is 28.4. The van der Waals surface area contributed by atoms with E-state index in [-0.39, 0.29) is 50.5 Å². The smallest absolute Gasteiger partial charge is 0.305 e. The number of phenolic OH excluding ortho intramolecular Hbond substituents is 1. The molecule has 9 nitrogen and oxygen atoms in total. The summed E-state index contributed by atoms with van der Waals surface area (Å²) < 4.78 is 11.8. The fraction of sp³-hybridized carbons (Fsp3) is 0.517. The summed E-state index contributed by atoms with van der Waals surface area (Å²) in [6, 6.07) is 11.4. The van der Waals surface area contributed by atoms with Gasteiger partial charge < -0.3 is 34.7 Å². The summed E-state index contributed by atoms with van der Waals surface area (Å²) in [5.41, 5.74) is 2.66. The number of fused-ring (bicyclic) bond motifs is 1. The summed E-state index contributed by atoms with van der Waals surface area (Å²) in [5, 5.41) is 13.4. The average Bonchev–Trinajstić information content (AvgIpc) is 3.35. The third kappa shape index (κ3) is 12.0. The van der Waals surface area contributed by atoms with Crippen LogP contribution in [0.5, 0.6) is 11.5 Å². The number of halogens is 2. The summed E-state index contributed by atoms with van der Waals surface area (Å²) in [4.78, 5) is 31.5. The quantitative estimate of drug-likeness (QED) is 0.167. The Morgan fingerprint density at radius 3 is 2.54 bits per heavy atom. The molecule has 3 rings (SSSR count). The number of H-pyrrole nitrogens is 1. The number of carbonyl (C=O) groups excluding carboxylic acids is 1. The molecule has 12 heteroatoms. The molecule has 0 unspecified atom stereocenters. The van der Waals surface area contributed by atoms with Crippen molar-refractivity contribution in [2.75, 3.05) is 66.1 Å². The molecule has 0 aliphatic heterocycles. The molecular weight excluding hydrogens is 676 g/mol. The van der Waals surface area contributed by atoms with Gasteiger partial charge in [-0.25, -0.2) is 0 Å². The molecule has 0 saturated carbocycles. The van der Waals surface area contributed by atoms with Gasteiger partial charge in [-0.2, -0.15) is 0 Å². The molecule has 1 aromatic heterocycles. The summed E-state index contributed by atoms with van der Waals surface area (Å²) in [6.45, 7) is 10.6. The lowest BCUT2D eigenvalue weighted by Gasteiger charge is -2.27. The fourth-order valence-corrected chi connectivity index (χ4v) is 5.33. The number of aromatic amines is 1. The van der Waals surface area contributed by atoms with Gasteiger partial charge in [0.1, 0.15) is 17.0 Å². The van der Waals surface area contributed by atoms with Crippen molar-refractivity contribution in [2.45, 2.75) is 33.1 Å². The van der Waals surface area contributed by atoms with Gasteiger partial charge in [-0.05, 0) is 61.8 Å². The van der Waals surface area contributed by atoms with Crippen LogP contribution in [0.2, 0.25) is 0 Å². The Balaban J connectivity index is 0.00000420. The van der Waals surface area contributed by atoms with Gasteiger partial charge in [0, 0.05) is 26.2 Å². The average molecular weight is 721 g/mol. The first-order chi connectivity index (χ1) is 18.9. The number of methoxy groups -OCH3 is 1. The predicted octanol–water partition coefficient (Wildman–Crippen LogP) is 4.41. The lowest BCUT2D eigenvalue weighted by atomic mass is 10.1. The van der Waals surface area contributed by atoms with Gasteiger partial charge in [0.05, 0.1) is 31.4 Å². The van der Waals surface area contributed by atoms with E-state index >= 15 is 0 Å². The number of rotatable bonds is 18. The van der Waals surface area contributed by atoms with E-state index in [9.17, 15) is 14.7 Å². The molecule has 0 aliphatic carbocycles. The van der Waals surface area contributed by atoms with E-state index in [1.807, 2.05) is 35.2 Å². The minimum atomic E-state index is -0.174. The Morgan fingerprint density at radius 2 is 1.80 bits per heavy atom. The molecule has 0 spiro atoms. The van der Waals surface area contributed by atoms with Crippen molar-refractivity contribution in [3.63, 3.8) is 0 Å². The van der Waals surface area contributed by atoms with E-state index in [1.165, 1.54) is 0 Å². The van der Waals surface area contributed by atoms with E-state index in [2.05, 4.69) is 29.0 Å². The van der Waals surface area contributed by atoms with E-state index in [0.717, 1.165) is 65.4 Å². The summed E-state index contributed by atoms with van der Waals surface area (Å²) in [6.07, 6.45) is 1.85. The molecular formula is C29H44Br2N4O5S. The Kier molecular flexibility index (Phi) is 18.1. The first-order valence-corrected chi connectivity index (χ1v) is 14.5. The van der Waals surface area contributed by atoms with Gasteiger partial charge in [0.2, 0.25) is 5.91 Å². The number of hydrogen-bond acceptors (Lipinski definition) is 8. The zero-order valence-electron chi connectivity index (χ0n) is 24.1. The minimum Gasteiger partial charge on any atom is -0.506 e. The highest BCUT2D eigenvalue weighted by Crippen LogP contribution is 2.27. The third-order valence-corrected chi connectivity index (χ3v) is 7.79. The first kappa shape index (κ1) is 37.1. The van der Waals surface area contributed by atoms with Crippen LogP contribution in [0.15, 0.2) is 41.2 Å². The van der Waals surface area contributed by atoms with Gasteiger partial charge in [0.25, 0.3) is 0 Å². The van der Waals surface area contributed by atoms with Crippen LogP contribution in [0.4, 0.5) is 0 Å². The highest BCUT2D eigenvalue weighted by molar-refractivity contribution is 8.93. The number of likely N-dealkylation sites (N-methyl/N-ethyl adjacent to an activating group) is 1. The zero-order chi connectivity index (χ0) is 28.0. The Labute approximate surface area is 267 Å². The number of carbonyl (C=O) groups is 1. The van der Waals surface area contributed by atoms with Gasteiger partial charge in [-0.1, -0.05) is 43.4 Å². The lowest BCUT2D eigenvalue weighted by Crippen LogP contribution is -2.42. The number of aromatic nitrogens is 1. The number of ether oxygens (including phenoxy) is 2. The van der Waals surface area contributed by atoms with Crippen molar-refractivity contribution in [1.29, 1.82) is 0 Å². The molecule has 0 atom stereocenters. The second-order valence-corrected chi connectivity index (χ2v) is 10.3. The molecule has 0 fully saturated rings. The number of hydrogen-bond donors (Lipinski definition) is 3. The van der Waals surface area contributed by atoms with E-state index in [1.54, 1.807) is 13.2 Å². The van der Waals surface area contributed by atoms with Crippen molar-refractivity contribution in [1.82, 2.24) is 20.1 Å². The highest BCUT2D eigenvalue weighted by atomic mass is 79.9. The number of aromatic hydroxyl groups is 1. The number of benzene rings is 2. The fourth-order valence-electron chi connectivity index (χ4n) is 4.43. The van der Waals surface area contributed by atoms with E-state index in [4.69, 9.17) is 9.47 Å². The van der Waals surface area contributed by atoms with Crippen LogP contribution in [0.1, 0.15) is 31.4 Å². The topological polar surface area (TPSA) is 107 Å². The Hall–Kier alpha value is -1.96. The highest BCUT2D eigenvalue weighted by Gasteiger charge is 2.15. The maximum absolute atomic E-state index is 13.0. The predicted molar refractivity (Wildman–Crippen MR) is 178 cm³/mol. The van der Waals surface area contributed by atoms with E-state index < -0.39 is 0 Å². The maximum atomic E-state index is 13.0. The molecule has 0 aliphatic rings. The van der Waals surface area contributed by atoms with Crippen LogP contribution in [0.25, 0.3) is 10.2 Å². The van der Waals surface area contributed by atoms with Gasteiger partial charge in [-0.15, -0.1) is 34.0 Å². The standard InChI is InChI=1S/C29H42N4O5S.2BrH/c1-4-32(5-2)17-18-33(26(35)13-20-38-19-12-22-7-6-8-24(21-22)37-3)16-15-30-14-11-23-9-10-25(34)27-28(23)39-29(36)31-27;;/h6-10,21,30,34H,4-5,11-20H2,1-3H3,(H,31,36);2*1H. The van der Waals surface area contributed by atoms with Crippen LogP contribution in [0.3, 0.4) is 0 Å². The number of nitrogens with zero attached hydrogens (tertiary/aromatic N) is 2. The molecule has 2 aromatic carbocycles. The Morgan fingerprint density at radius 1 is 1.02 bits per heavy atom. The molecule has 0 saturated heterocycles. The van der Waals surface area contributed by atoms with Crippen LogP contribution >= 0.6 is 45.3 Å². The van der Waals surface area contributed by atoms with Gasteiger partial charge in [0.15, 0.2) is 0 Å². The van der Waals surface area contributed by atoms with Crippen molar-refractivity contribution >= 4 is 61.4 Å². The van der Waals surface area contributed by atoms with E-state index in [0.29, 0.717) is 51.3 Å². The van der Waals surface area contributed by atoms with Gasteiger partial charge in [-0.3, -0.25) is 9.59 Å². The molecule has 0 radical (unpaired) electrons. The summed E-state index contributed by atoms with van der Waals surface area (Å²) >= 11 is 1.12. The van der Waals surface area contributed by atoms with Crippen molar-refractivity contribution in [3.8, 4) is 11.5 Å². The monoisotopic (exact) mass is 718 g/mol. The molecule has 41 heavy (non-hydrogen) atoms. The SMILES string of the molecule is Br.Br.CCN(CC)CCN(CCNCCc1ccc(O)c2[nH]c(=O)sc12)C(=O)CCOCCc1cccc(OC)c1. The number of phenols is 1. The molecule has 230 valence electrons. The Bertz CT molecular complexity index is 1240. The van der Waals surface area contributed by atoms with Crippen LogP contribution in [-0.4, -0.2) is 91.9 Å². The number of thiazole rings is 1. The normalized spacial score (nSPS) is 10.8. The van der Waals surface area contributed by atoms with Crippen LogP contribution in [-0.2, 0) is 22.4 Å². The first-order valence-electron chi connectivity index (χ1n) is 13.7. The van der Waals surface area contributed by atoms with Crippen molar-refractivity contribution in [2.24, 2.45) is 0 Å². The molecule has 3 N–H and O–H groups in total. The minimum absolute atomic E-state index is 0. The van der Waals surface area contributed by atoms with Crippen molar-refractivity contribution < 1.29 is 19.4 Å². The second-order valence-electron chi connectivity index (χ2n) is 9.33. The lowest BCUT2D eigenvalue weighted by molar-refractivity contribution is -0.132. The molecule has 0 bridgehead atoms. The third-order valence-electron chi connectivity index (χ3n) is 6.83. The van der Waals surface area contributed by atoms with Gasteiger partial charge >= 0.3 is 4.87 Å². The van der Waals surface area contributed by atoms with Crippen LogP contribution in [0, 0.1) is 0 Å². The van der Waals surface area contributed by atoms with Crippen LogP contribution < -0.4 is 14.9 Å². The molecule has 1 amide bonds. The second kappa shape index (κ2) is 20.0.